The number of nitrogens with two attached hydrogens (primary N) is 1. The highest BCUT2D eigenvalue weighted by molar-refractivity contribution is 5.85. The molecule has 0 bridgehead atoms. The molecule has 0 saturated carbocycles. The first kappa shape index (κ1) is 12.9. The van der Waals surface area contributed by atoms with E-state index < -0.39 is 0 Å². The molecule has 0 amide bonds. The van der Waals surface area contributed by atoms with E-state index in [-0.39, 0.29) is 5.41 Å². The predicted octanol–water partition coefficient (Wildman–Crippen LogP) is 3.26. The molecular weight excluding hydrogens is 220 g/mol. The second-order valence-corrected chi connectivity index (χ2v) is 5.76. The summed E-state index contributed by atoms with van der Waals surface area (Å²) in [5, 5.41) is 2.57. The lowest BCUT2D eigenvalue weighted by molar-refractivity contribution is 0.385. The third-order valence-electron chi connectivity index (χ3n) is 3.39. The van der Waals surface area contributed by atoms with Crippen molar-refractivity contribution in [2.45, 2.75) is 13.8 Å². The third kappa shape index (κ3) is 2.82. The second kappa shape index (κ2) is 4.99. The van der Waals surface area contributed by atoms with Crippen molar-refractivity contribution >= 4 is 16.5 Å². The smallest absolute Gasteiger partial charge is 0.0370 e. The highest BCUT2D eigenvalue weighted by atomic mass is 15.1. The van der Waals surface area contributed by atoms with Crippen molar-refractivity contribution in [3.05, 3.63) is 42.5 Å². The normalized spacial score (nSPS) is 11.8. The monoisotopic (exact) mass is 242 g/mol. The topological polar surface area (TPSA) is 29.3 Å². The Morgan fingerprint density at radius 3 is 2.39 bits per heavy atom. The summed E-state index contributed by atoms with van der Waals surface area (Å²) in [4.78, 5) is 2.28. The third-order valence-corrected chi connectivity index (χ3v) is 3.39. The molecule has 2 heteroatoms. The minimum Gasteiger partial charge on any atom is -0.374 e. The van der Waals surface area contributed by atoms with Crippen LogP contribution in [0.25, 0.3) is 10.8 Å². The Hall–Kier alpha value is -1.54. The average molecular weight is 242 g/mol. The molecule has 0 radical (unpaired) electrons. The second-order valence-electron chi connectivity index (χ2n) is 5.76. The van der Waals surface area contributed by atoms with Gasteiger partial charge >= 0.3 is 0 Å². The number of anilines is 1. The van der Waals surface area contributed by atoms with Crippen LogP contribution >= 0.6 is 0 Å². The van der Waals surface area contributed by atoms with Gasteiger partial charge in [-0.2, -0.15) is 0 Å². The van der Waals surface area contributed by atoms with Crippen molar-refractivity contribution in [1.82, 2.24) is 0 Å². The summed E-state index contributed by atoms with van der Waals surface area (Å²) in [6, 6.07) is 15.0. The van der Waals surface area contributed by atoms with E-state index in [0.717, 1.165) is 6.54 Å². The molecule has 0 unspecified atom stereocenters. The lowest BCUT2D eigenvalue weighted by Gasteiger charge is -2.30. The van der Waals surface area contributed by atoms with Crippen molar-refractivity contribution in [2.24, 2.45) is 11.1 Å². The van der Waals surface area contributed by atoms with Gasteiger partial charge in [0.2, 0.25) is 0 Å². The predicted molar refractivity (Wildman–Crippen MR) is 80.1 cm³/mol. The first-order chi connectivity index (χ1) is 8.52. The molecular formula is C16H22N2. The summed E-state index contributed by atoms with van der Waals surface area (Å²) in [6.07, 6.45) is 0. The van der Waals surface area contributed by atoms with E-state index in [1.807, 2.05) is 0 Å². The van der Waals surface area contributed by atoms with Crippen LogP contribution < -0.4 is 10.6 Å². The SMILES string of the molecule is CN(CC(C)(C)CN)c1ccc2ccccc2c1. The number of rotatable bonds is 4. The van der Waals surface area contributed by atoms with Gasteiger partial charge in [0.05, 0.1) is 0 Å². The van der Waals surface area contributed by atoms with Crippen molar-refractivity contribution in [3.63, 3.8) is 0 Å². The average Bonchev–Trinajstić information content (AvgIpc) is 2.37. The molecule has 0 spiro atoms. The van der Waals surface area contributed by atoms with Crippen LogP contribution in [0.3, 0.4) is 0 Å². The van der Waals surface area contributed by atoms with Gasteiger partial charge in [0, 0.05) is 19.3 Å². The lowest BCUT2D eigenvalue weighted by Crippen LogP contribution is -2.36. The van der Waals surface area contributed by atoms with Gasteiger partial charge in [-0.1, -0.05) is 44.2 Å². The zero-order valence-electron chi connectivity index (χ0n) is 11.5. The number of hydrogen-bond acceptors (Lipinski definition) is 2. The zero-order valence-corrected chi connectivity index (χ0v) is 11.5. The van der Waals surface area contributed by atoms with Gasteiger partial charge in [0.1, 0.15) is 0 Å². The first-order valence-electron chi connectivity index (χ1n) is 6.42. The first-order valence-corrected chi connectivity index (χ1v) is 6.42. The van der Waals surface area contributed by atoms with Crippen molar-refractivity contribution in [3.8, 4) is 0 Å². The number of benzene rings is 2. The molecule has 18 heavy (non-hydrogen) atoms. The van der Waals surface area contributed by atoms with Gasteiger partial charge in [-0.25, -0.2) is 0 Å². The molecule has 96 valence electrons. The van der Waals surface area contributed by atoms with E-state index in [2.05, 4.69) is 68.3 Å². The van der Waals surface area contributed by atoms with Gasteiger partial charge in [-0.15, -0.1) is 0 Å². The highest BCUT2D eigenvalue weighted by Crippen LogP contribution is 2.24. The molecule has 0 aliphatic rings. The fourth-order valence-corrected chi connectivity index (χ4v) is 2.21. The van der Waals surface area contributed by atoms with Crippen LogP contribution in [0.5, 0.6) is 0 Å². The molecule has 0 atom stereocenters. The molecule has 2 rings (SSSR count). The van der Waals surface area contributed by atoms with Gasteiger partial charge in [-0.3, -0.25) is 0 Å². The van der Waals surface area contributed by atoms with Crippen molar-refractivity contribution in [2.75, 3.05) is 25.0 Å². The quantitative estimate of drug-likeness (QED) is 0.891. The Morgan fingerprint density at radius 2 is 1.72 bits per heavy atom. The van der Waals surface area contributed by atoms with E-state index in [1.165, 1.54) is 16.5 Å². The van der Waals surface area contributed by atoms with Crippen LogP contribution in [-0.4, -0.2) is 20.1 Å². The fraction of sp³-hybridized carbons (Fsp3) is 0.375. The summed E-state index contributed by atoms with van der Waals surface area (Å²) < 4.78 is 0. The summed E-state index contributed by atoms with van der Waals surface area (Å²) in [5.41, 5.74) is 7.18. The van der Waals surface area contributed by atoms with Crippen LogP contribution in [-0.2, 0) is 0 Å². The number of nitrogens with zero attached hydrogens (tertiary/aromatic N) is 1. The van der Waals surface area contributed by atoms with E-state index in [9.17, 15) is 0 Å². The summed E-state index contributed by atoms with van der Waals surface area (Å²) in [5.74, 6) is 0. The van der Waals surface area contributed by atoms with Crippen LogP contribution in [0.15, 0.2) is 42.5 Å². The summed E-state index contributed by atoms with van der Waals surface area (Å²) in [7, 11) is 2.13. The zero-order chi connectivity index (χ0) is 13.2. The number of fused-ring (bicyclic) bond motifs is 1. The summed E-state index contributed by atoms with van der Waals surface area (Å²) in [6.45, 7) is 6.06. The Labute approximate surface area is 109 Å². The van der Waals surface area contributed by atoms with Gasteiger partial charge in [0.25, 0.3) is 0 Å². The van der Waals surface area contributed by atoms with Crippen molar-refractivity contribution in [1.29, 1.82) is 0 Å². The Balaban J connectivity index is 2.25. The molecule has 2 nitrogen and oxygen atoms in total. The van der Waals surface area contributed by atoms with E-state index >= 15 is 0 Å². The molecule has 0 aliphatic carbocycles. The Bertz CT molecular complexity index is 531. The standard InChI is InChI=1S/C16H22N2/c1-16(2,11-17)12-18(3)15-9-8-13-6-4-5-7-14(13)10-15/h4-10H,11-12,17H2,1-3H3. The molecule has 2 N–H and O–H groups in total. The Kier molecular flexibility index (Phi) is 3.58. The molecule has 0 heterocycles. The number of hydrogen-bond donors (Lipinski definition) is 1. The van der Waals surface area contributed by atoms with E-state index in [4.69, 9.17) is 5.73 Å². The maximum atomic E-state index is 5.80. The van der Waals surface area contributed by atoms with Crippen molar-refractivity contribution < 1.29 is 0 Å². The molecule has 0 aromatic heterocycles. The van der Waals surface area contributed by atoms with Gasteiger partial charge in [-0.05, 0) is 34.9 Å². The minimum atomic E-state index is 0.139. The highest BCUT2D eigenvalue weighted by Gasteiger charge is 2.18. The van der Waals surface area contributed by atoms with Crippen LogP contribution in [0.2, 0.25) is 0 Å². The molecule has 0 saturated heterocycles. The fourth-order valence-electron chi connectivity index (χ4n) is 2.21. The van der Waals surface area contributed by atoms with E-state index in [0.29, 0.717) is 6.54 Å². The maximum absolute atomic E-state index is 5.80. The lowest BCUT2D eigenvalue weighted by atomic mass is 9.93. The molecule has 0 fully saturated rings. The Morgan fingerprint density at radius 1 is 1.06 bits per heavy atom. The molecule has 2 aromatic rings. The summed E-state index contributed by atoms with van der Waals surface area (Å²) >= 11 is 0. The van der Waals surface area contributed by atoms with Gasteiger partial charge < -0.3 is 10.6 Å². The maximum Gasteiger partial charge on any atom is 0.0370 e. The molecule has 0 aliphatic heterocycles. The van der Waals surface area contributed by atoms with E-state index in [1.54, 1.807) is 0 Å². The largest absolute Gasteiger partial charge is 0.374 e. The van der Waals surface area contributed by atoms with Crippen LogP contribution in [0.1, 0.15) is 13.8 Å². The van der Waals surface area contributed by atoms with Crippen LogP contribution in [0.4, 0.5) is 5.69 Å². The minimum absolute atomic E-state index is 0.139. The van der Waals surface area contributed by atoms with Gasteiger partial charge in [0.15, 0.2) is 0 Å². The van der Waals surface area contributed by atoms with Crippen LogP contribution in [0, 0.1) is 5.41 Å². The molecule has 2 aromatic carbocycles.